The summed E-state index contributed by atoms with van der Waals surface area (Å²) in [5, 5.41) is 13.7. The van der Waals surface area contributed by atoms with Gasteiger partial charge in [0, 0.05) is 11.4 Å². The number of rotatable bonds is 2. The van der Waals surface area contributed by atoms with Gasteiger partial charge in [0.2, 0.25) is 0 Å². The molecule has 2 amide bonds. The number of carbonyl (C=O) groups excluding carboxylic acids is 2. The van der Waals surface area contributed by atoms with Gasteiger partial charge in [-0.05, 0) is 48.9 Å². The molecular formula is C16H13N3O2. The molecule has 2 rings (SSSR count). The number of nitriles is 1. The molecule has 0 aliphatic rings. The lowest BCUT2D eigenvalue weighted by molar-refractivity contribution is -0.132. The molecule has 0 spiro atoms. The van der Waals surface area contributed by atoms with Crippen LogP contribution >= 0.6 is 0 Å². The van der Waals surface area contributed by atoms with Gasteiger partial charge in [0.15, 0.2) is 0 Å². The average Bonchev–Trinajstić information content (AvgIpc) is 2.48. The van der Waals surface area contributed by atoms with E-state index in [1.165, 1.54) is 0 Å². The standard InChI is InChI=1S/C16H13N3O2/c1-11-3-2-4-14(9-11)19-16(21)15(20)18-13-7-5-12(10-17)6-8-13/h2-9H,1H3,(H,18,20)(H,19,21). The summed E-state index contributed by atoms with van der Waals surface area (Å²) in [6.45, 7) is 1.90. The summed E-state index contributed by atoms with van der Waals surface area (Å²) >= 11 is 0. The first-order valence-corrected chi connectivity index (χ1v) is 6.27. The van der Waals surface area contributed by atoms with Crippen molar-refractivity contribution in [3.8, 4) is 6.07 Å². The molecule has 0 aliphatic carbocycles. The van der Waals surface area contributed by atoms with Crippen molar-refractivity contribution in [2.24, 2.45) is 0 Å². The molecule has 0 saturated heterocycles. The third-order valence-corrected chi connectivity index (χ3v) is 2.75. The Morgan fingerprint density at radius 1 is 0.952 bits per heavy atom. The molecule has 2 aromatic carbocycles. The van der Waals surface area contributed by atoms with Crippen molar-refractivity contribution in [2.45, 2.75) is 6.92 Å². The highest BCUT2D eigenvalue weighted by atomic mass is 16.2. The molecule has 5 nitrogen and oxygen atoms in total. The molecule has 104 valence electrons. The average molecular weight is 279 g/mol. The molecule has 0 bridgehead atoms. The van der Waals surface area contributed by atoms with E-state index in [9.17, 15) is 9.59 Å². The summed E-state index contributed by atoms with van der Waals surface area (Å²) in [5.74, 6) is -1.51. The van der Waals surface area contributed by atoms with Crippen LogP contribution in [-0.2, 0) is 9.59 Å². The van der Waals surface area contributed by atoms with Crippen molar-refractivity contribution in [2.75, 3.05) is 10.6 Å². The molecule has 5 heteroatoms. The topological polar surface area (TPSA) is 82.0 Å². The summed E-state index contributed by atoms with van der Waals surface area (Å²) in [5.41, 5.74) is 2.49. The molecule has 0 aliphatic heterocycles. The molecule has 2 aromatic rings. The Hall–Kier alpha value is -3.13. The third-order valence-electron chi connectivity index (χ3n) is 2.75. The normalized spacial score (nSPS) is 9.52. The largest absolute Gasteiger partial charge is 0.318 e. The van der Waals surface area contributed by atoms with Crippen molar-refractivity contribution in [1.29, 1.82) is 5.26 Å². The lowest BCUT2D eigenvalue weighted by Gasteiger charge is -2.07. The molecule has 0 fully saturated rings. The highest BCUT2D eigenvalue weighted by molar-refractivity contribution is 6.43. The zero-order valence-electron chi connectivity index (χ0n) is 11.4. The fraction of sp³-hybridized carbons (Fsp3) is 0.0625. The number of anilines is 2. The first-order chi connectivity index (χ1) is 10.1. The van der Waals surface area contributed by atoms with Crippen LogP contribution in [-0.4, -0.2) is 11.8 Å². The van der Waals surface area contributed by atoms with Gasteiger partial charge in [-0.3, -0.25) is 9.59 Å². The predicted molar refractivity (Wildman–Crippen MR) is 79.6 cm³/mol. The van der Waals surface area contributed by atoms with Crippen LogP contribution in [0.4, 0.5) is 11.4 Å². The number of carbonyl (C=O) groups is 2. The SMILES string of the molecule is Cc1cccc(NC(=O)C(=O)Nc2ccc(C#N)cc2)c1. The molecule has 0 unspecified atom stereocenters. The molecule has 0 radical (unpaired) electrons. The summed E-state index contributed by atoms with van der Waals surface area (Å²) in [6.07, 6.45) is 0. The molecule has 0 aromatic heterocycles. The first kappa shape index (κ1) is 14.3. The van der Waals surface area contributed by atoms with E-state index in [1.54, 1.807) is 42.5 Å². The lowest BCUT2D eigenvalue weighted by atomic mass is 10.2. The number of nitrogens with one attached hydrogen (secondary N) is 2. The van der Waals surface area contributed by atoms with Crippen molar-refractivity contribution < 1.29 is 9.59 Å². The van der Waals surface area contributed by atoms with Crippen LogP contribution in [0, 0.1) is 18.3 Å². The molecule has 0 heterocycles. The van der Waals surface area contributed by atoms with Crippen LogP contribution in [0.2, 0.25) is 0 Å². The number of benzene rings is 2. The maximum absolute atomic E-state index is 11.8. The lowest BCUT2D eigenvalue weighted by Crippen LogP contribution is -2.29. The summed E-state index contributed by atoms with van der Waals surface area (Å²) in [4.78, 5) is 23.5. The smallest absolute Gasteiger partial charge is 0.314 e. The Bertz CT molecular complexity index is 715. The number of hydrogen-bond acceptors (Lipinski definition) is 3. The van der Waals surface area contributed by atoms with Gasteiger partial charge in [-0.15, -0.1) is 0 Å². The fourth-order valence-corrected chi connectivity index (χ4v) is 1.73. The Morgan fingerprint density at radius 3 is 2.14 bits per heavy atom. The van der Waals surface area contributed by atoms with Crippen molar-refractivity contribution in [3.63, 3.8) is 0 Å². The number of hydrogen-bond donors (Lipinski definition) is 2. The van der Waals surface area contributed by atoms with Crippen molar-refractivity contribution in [1.82, 2.24) is 0 Å². The van der Waals surface area contributed by atoms with E-state index in [2.05, 4.69) is 10.6 Å². The Labute approximate surface area is 122 Å². The first-order valence-electron chi connectivity index (χ1n) is 6.27. The van der Waals surface area contributed by atoms with E-state index in [0.717, 1.165) is 5.56 Å². The Balaban J connectivity index is 1.99. The van der Waals surface area contributed by atoms with E-state index < -0.39 is 11.8 Å². The third kappa shape index (κ3) is 3.91. The second-order valence-corrected chi connectivity index (χ2v) is 4.47. The quantitative estimate of drug-likeness (QED) is 0.828. The highest BCUT2D eigenvalue weighted by Crippen LogP contribution is 2.11. The van der Waals surface area contributed by atoms with Crippen LogP contribution in [0.15, 0.2) is 48.5 Å². The van der Waals surface area contributed by atoms with Crippen LogP contribution in [0.25, 0.3) is 0 Å². The van der Waals surface area contributed by atoms with Gasteiger partial charge in [-0.2, -0.15) is 5.26 Å². The highest BCUT2D eigenvalue weighted by Gasteiger charge is 2.13. The van der Waals surface area contributed by atoms with Gasteiger partial charge in [-0.1, -0.05) is 12.1 Å². The van der Waals surface area contributed by atoms with Gasteiger partial charge >= 0.3 is 11.8 Å². The second kappa shape index (κ2) is 6.35. The minimum Gasteiger partial charge on any atom is -0.318 e. The summed E-state index contributed by atoms with van der Waals surface area (Å²) in [6, 6.07) is 15.4. The number of amides is 2. The second-order valence-electron chi connectivity index (χ2n) is 4.47. The summed E-state index contributed by atoms with van der Waals surface area (Å²) < 4.78 is 0. The Kier molecular flexibility index (Phi) is 4.32. The number of aryl methyl sites for hydroxylation is 1. The fourth-order valence-electron chi connectivity index (χ4n) is 1.73. The van der Waals surface area contributed by atoms with Crippen molar-refractivity contribution >= 4 is 23.2 Å². The van der Waals surface area contributed by atoms with E-state index in [4.69, 9.17) is 5.26 Å². The monoisotopic (exact) mass is 279 g/mol. The van der Waals surface area contributed by atoms with Crippen LogP contribution in [0.3, 0.4) is 0 Å². The maximum Gasteiger partial charge on any atom is 0.314 e. The molecule has 21 heavy (non-hydrogen) atoms. The van der Waals surface area contributed by atoms with E-state index in [-0.39, 0.29) is 0 Å². The van der Waals surface area contributed by atoms with Gasteiger partial charge in [-0.25, -0.2) is 0 Å². The van der Waals surface area contributed by atoms with Crippen molar-refractivity contribution in [3.05, 3.63) is 59.7 Å². The van der Waals surface area contributed by atoms with Crippen LogP contribution < -0.4 is 10.6 Å². The van der Waals surface area contributed by atoms with E-state index >= 15 is 0 Å². The predicted octanol–water partition coefficient (Wildman–Crippen LogP) is 2.44. The van der Waals surface area contributed by atoms with E-state index in [1.807, 2.05) is 19.1 Å². The molecular weight excluding hydrogens is 266 g/mol. The molecule has 0 atom stereocenters. The Morgan fingerprint density at radius 2 is 1.57 bits per heavy atom. The zero-order valence-corrected chi connectivity index (χ0v) is 11.4. The van der Waals surface area contributed by atoms with Crippen LogP contribution in [0.1, 0.15) is 11.1 Å². The number of nitrogens with zero attached hydrogens (tertiary/aromatic N) is 1. The van der Waals surface area contributed by atoms with Gasteiger partial charge in [0.1, 0.15) is 0 Å². The van der Waals surface area contributed by atoms with Gasteiger partial charge in [0.25, 0.3) is 0 Å². The summed E-state index contributed by atoms with van der Waals surface area (Å²) in [7, 11) is 0. The van der Waals surface area contributed by atoms with Crippen LogP contribution in [0.5, 0.6) is 0 Å². The van der Waals surface area contributed by atoms with Gasteiger partial charge in [0.05, 0.1) is 11.6 Å². The molecule has 0 saturated carbocycles. The zero-order chi connectivity index (χ0) is 15.2. The van der Waals surface area contributed by atoms with E-state index in [0.29, 0.717) is 16.9 Å². The maximum atomic E-state index is 11.8. The molecule has 2 N–H and O–H groups in total. The minimum absolute atomic E-state index is 0.457. The minimum atomic E-state index is -0.763. The van der Waals surface area contributed by atoms with Gasteiger partial charge < -0.3 is 10.6 Å².